The summed E-state index contributed by atoms with van der Waals surface area (Å²) in [5.74, 6) is -3.84. The maximum atomic E-state index is 14.1. The van der Waals surface area contributed by atoms with Crippen molar-refractivity contribution in [1.82, 2.24) is 9.80 Å². The number of piperazine rings is 1. The van der Waals surface area contributed by atoms with Crippen molar-refractivity contribution in [2.24, 2.45) is 0 Å². The summed E-state index contributed by atoms with van der Waals surface area (Å²) in [6, 6.07) is 8.97. The molecule has 1 amide bonds. The minimum Gasteiger partial charge on any atom is -0.388 e. The molecule has 0 radical (unpaired) electrons. The smallest absolute Gasteiger partial charge is 0.254 e. The number of hydrogen-bond donors (Lipinski definition) is 1. The second-order valence-corrected chi connectivity index (χ2v) is 7.11. The number of rotatable bonds is 4. The van der Waals surface area contributed by atoms with Crippen LogP contribution in [-0.2, 0) is 0 Å². The van der Waals surface area contributed by atoms with Crippen LogP contribution in [0.2, 0.25) is 0 Å². The van der Waals surface area contributed by atoms with Gasteiger partial charge >= 0.3 is 0 Å². The summed E-state index contributed by atoms with van der Waals surface area (Å²) >= 11 is 0. The van der Waals surface area contributed by atoms with Crippen molar-refractivity contribution >= 4 is 11.6 Å². The highest BCUT2D eigenvalue weighted by molar-refractivity contribution is 5.94. The van der Waals surface area contributed by atoms with Gasteiger partial charge in [0.1, 0.15) is 0 Å². The van der Waals surface area contributed by atoms with Crippen molar-refractivity contribution in [1.29, 1.82) is 0 Å². The molecule has 0 aliphatic carbocycles. The summed E-state index contributed by atoms with van der Waals surface area (Å²) < 4.78 is 40.9. The van der Waals surface area contributed by atoms with E-state index in [9.17, 15) is 18.0 Å². The predicted octanol–water partition coefficient (Wildman–Crippen LogP) is 4.05. The van der Waals surface area contributed by atoms with E-state index in [4.69, 9.17) is 0 Å². The van der Waals surface area contributed by atoms with E-state index in [2.05, 4.69) is 5.32 Å². The Kier molecular flexibility index (Phi) is 5.93. The van der Waals surface area contributed by atoms with Gasteiger partial charge in [0, 0.05) is 55.6 Å². The predicted molar refractivity (Wildman–Crippen MR) is 103 cm³/mol. The second kappa shape index (κ2) is 8.22. The first-order valence-electron chi connectivity index (χ1n) is 9.29. The number of nitrogens with one attached hydrogen (secondary N) is 1. The molecule has 2 atom stereocenters. The Hall–Kier alpha value is -2.54. The van der Waals surface area contributed by atoms with Crippen LogP contribution in [0.15, 0.2) is 36.4 Å². The van der Waals surface area contributed by atoms with Gasteiger partial charge in [0.05, 0.1) is 0 Å². The summed E-state index contributed by atoms with van der Waals surface area (Å²) in [6.07, 6.45) is 0. The van der Waals surface area contributed by atoms with Gasteiger partial charge in [-0.15, -0.1) is 0 Å². The van der Waals surface area contributed by atoms with E-state index in [-0.39, 0.29) is 17.5 Å². The van der Waals surface area contributed by atoms with Gasteiger partial charge in [-0.3, -0.25) is 9.69 Å². The molecule has 3 rings (SSSR count). The van der Waals surface area contributed by atoms with Crippen molar-refractivity contribution < 1.29 is 18.0 Å². The van der Waals surface area contributed by atoms with E-state index >= 15 is 0 Å². The molecule has 150 valence electrons. The third kappa shape index (κ3) is 3.85. The number of carbonyl (C=O) groups excluding carboxylic acids is 1. The third-order valence-electron chi connectivity index (χ3n) is 5.40. The molecule has 2 aromatic rings. The normalized spacial score (nSPS) is 18.8. The van der Waals surface area contributed by atoms with Gasteiger partial charge in [0.25, 0.3) is 5.91 Å². The first kappa shape index (κ1) is 20.2. The Morgan fingerprint density at radius 2 is 1.75 bits per heavy atom. The summed E-state index contributed by atoms with van der Waals surface area (Å²) in [7, 11) is 1.81. The molecule has 2 unspecified atom stereocenters. The highest BCUT2D eigenvalue weighted by Gasteiger charge is 2.32. The van der Waals surface area contributed by atoms with Crippen LogP contribution in [0, 0.1) is 17.5 Å². The van der Waals surface area contributed by atoms with Crippen molar-refractivity contribution in [2.45, 2.75) is 25.9 Å². The summed E-state index contributed by atoms with van der Waals surface area (Å²) in [5.41, 5.74) is 1.66. The molecule has 1 N–H and O–H groups in total. The van der Waals surface area contributed by atoms with Crippen LogP contribution in [0.4, 0.5) is 18.9 Å². The summed E-state index contributed by atoms with van der Waals surface area (Å²) in [6.45, 7) is 5.20. The number of amides is 1. The Labute approximate surface area is 162 Å². The minimum atomic E-state index is -1.45. The van der Waals surface area contributed by atoms with Gasteiger partial charge in [0.2, 0.25) is 0 Å². The van der Waals surface area contributed by atoms with Gasteiger partial charge in [-0.1, -0.05) is 6.07 Å². The molecule has 2 aromatic carbocycles. The first-order chi connectivity index (χ1) is 13.3. The van der Waals surface area contributed by atoms with E-state index in [0.29, 0.717) is 25.2 Å². The molecule has 1 aliphatic heterocycles. The van der Waals surface area contributed by atoms with E-state index in [1.165, 1.54) is 6.07 Å². The van der Waals surface area contributed by atoms with Gasteiger partial charge in [-0.2, -0.15) is 0 Å². The molecule has 7 heteroatoms. The second-order valence-electron chi connectivity index (χ2n) is 7.11. The molecule has 1 aliphatic rings. The van der Waals surface area contributed by atoms with E-state index in [0.717, 1.165) is 11.8 Å². The van der Waals surface area contributed by atoms with Gasteiger partial charge in [-0.05, 0) is 44.2 Å². The lowest BCUT2D eigenvalue weighted by molar-refractivity contribution is 0.0401. The molecule has 28 heavy (non-hydrogen) atoms. The Balaban J connectivity index is 1.70. The molecular weight excluding hydrogens is 367 g/mol. The average molecular weight is 391 g/mol. The van der Waals surface area contributed by atoms with Crippen LogP contribution in [0.25, 0.3) is 0 Å². The van der Waals surface area contributed by atoms with Gasteiger partial charge < -0.3 is 10.2 Å². The zero-order valence-electron chi connectivity index (χ0n) is 16.2. The zero-order chi connectivity index (χ0) is 20.4. The van der Waals surface area contributed by atoms with Crippen molar-refractivity contribution in [3.05, 3.63) is 65.0 Å². The first-order valence-corrected chi connectivity index (χ1v) is 9.29. The van der Waals surface area contributed by atoms with E-state index < -0.39 is 23.5 Å². The molecule has 0 spiro atoms. The standard InChI is InChI=1S/C21H24F3N3O/c1-13-12-26(14(2)17-8-9-18(22)20(24)19(17)23)10-11-27(13)21(28)15-4-6-16(25-3)7-5-15/h4-9,13-14,25H,10-12H2,1-3H3. The molecule has 4 nitrogen and oxygen atoms in total. The molecule has 1 saturated heterocycles. The van der Waals surface area contributed by atoms with Crippen LogP contribution >= 0.6 is 0 Å². The highest BCUT2D eigenvalue weighted by atomic mass is 19.2. The molecule has 1 heterocycles. The lowest BCUT2D eigenvalue weighted by atomic mass is 10.0. The van der Waals surface area contributed by atoms with Crippen LogP contribution in [0.3, 0.4) is 0 Å². The maximum absolute atomic E-state index is 14.1. The SMILES string of the molecule is CNc1ccc(C(=O)N2CCN(C(C)c3ccc(F)c(F)c3F)CC2C)cc1. The number of halogens is 3. The quantitative estimate of drug-likeness (QED) is 0.799. The molecule has 1 fully saturated rings. The van der Waals surface area contributed by atoms with Gasteiger partial charge in [0.15, 0.2) is 17.5 Å². The fraction of sp³-hybridized carbons (Fsp3) is 0.381. The largest absolute Gasteiger partial charge is 0.388 e. The number of nitrogens with zero attached hydrogens (tertiary/aromatic N) is 2. The van der Waals surface area contributed by atoms with Crippen LogP contribution in [0.1, 0.15) is 35.8 Å². The zero-order valence-corrected chi connectivity index (χ0v) is 16.2. The van der Waals surface area contributed by atoms with E-state index in [1.807, 2.05) is 31.0 Å². The van der Waals surface area contributed by atoms with Crippen molar-refractivity contribution in [3.8, 4) is 0 Å². The average Bonchev–Trinajstić information content (AvgIpc) is 2.71. The monoisotopic (exact) mass is 391 g/mol. The highest BCUT2D eigenvalue weighted by Crippen LogP contribution is 2.28. The van der Waals surface area contributed by atoms with Crippen LogP contribution in [-0.4, -0.2) is 48.4 Å². The Morgan fingerprint density at radius 3 is 2.36 bits per heavy atom. The fourth-order valence-electron chi connectivity index (χ4n) is 3.64. The topological polar surface area (TPSA) is 35.6 Å². The lowest BCUT2D eigenvalue weighted by Crippen LogP contribution is -2.54. The van der Waals surface area contributed by atoms with Crippen molar-refractivity contribution in [2.75, 3.05) is 32.0 Å². The number of benzene rings is 2. The number of hydrogen-bond acceptors (Lipinski definition) is 3. The number of anilines is 1. The minimum absolute atomic E-state index is 0.0542. The molecule has 0 bridgehead atoms. The maximum Gasteiger partial charge on any atom is 0.254 e. The summed E-state index contributed by atoms with van der Waals surface area (Å²) in [5, 5.41) is 3.01. The molecular formula is C21H24F3N3O. The summed E-state index contributed by atoms with van der Waals surface area (Å²) in [4.78, 5) is 16.6. The fourth-order valence-corrected chi connectivity index (χ4v) is 3.64. The van der Waals surface area contributed by atoms with E-state index in [1.54, 1.807) is 24.0 Å². The molecule has 0 aromatic heterocycles. The lowest BCUT2D eigenvalue weighted by Gasteiger charge is -2.42. The van der Waals surface area contributed by atoms with Gasteiger partial charge in [-0.25, -0.2) is 13.2 Å². The van der Waals surface area contributed by atoms with Crippen molar-refractivity contribution in [3.63, 3.8) is 0 Å². The van der Waals surface area contributed by atoms with Crippen LogP contribution in [0.5, 0.6) is 0 Å². The Morgan fingerprint density at radius 1 is 1.07 bits per heavy atom. The number of carbonyl (C=O) groups is 1. The Bertz CT molecular complexity index is 857. The third-order valence-corrected chi connectivity index (χ3v) is 5.40. The van der Waals surface area contributed by atoms with Crippen LogP contribution < -0.4 is 5.32 Å². The molecule has 0 saturated carbocycles.